The topological polar surface area (TPSA) is 119 Å². The third kappa shape index (κ3) is 5.46. The maximum atomic E-state index is 12.1. The normalized spacial score (nSPS) is 14.0. The Balaban J connectivity index is 2.66. The lowest BCUT2D eigenvalue weighted by Gasteiger charge is -2.41. The summed E-state index contributed by atoms with van der Waals surface area (Å²) in [6.45, 7) is 6.88. The summed E-state index contributed by atoms with van der Waals surface area (Å²) in [5, 5.41) is 3.28. The van der Waals surface area contributed by atoms with E-state index in [1.165, 1.54) is 14.7 Å². The quantitative estimate of drug-likeness (QED) is 0.216. The number of azide groups is 1. The number of amides is 3. The lowest BCUT2D eigenvalue weighted by atomic mass is 10.4. The lowest BCUT2D eigenvalue weighted by molar-refractivity contribution is -0.156. The molecule has 0 spiro atoms. The average molecular weight is 322 g/mol. The summed E-state index contributed by atoms with van der Waals surface area (Å²) in [5.74, 6) is -1.18. The molecular formula is C13H18N6O4. The highest BCUT2D eigenvalue weighted by Crippen LogP contribution is 2.09. The van der Waals surface area contributed by atoms with Crippen LogP contribution in [0.5, 0.6) is 0 Å². The van der Waals surface area contributed by atoms with Crippen molar-refractivity contribution in [3.05, 3.63) is 35.8 Å². The maximum absolute atomic E-state index is 12.1. The molecule has 1 aliphatic rings. The van der Waals surface area contributed by atoms with Crippen LogP contribution in [0, 0.1) is 0 Å². The van der Waals surface area contributed by atoms with Gasteiger partial charge in [-0.1, -0.05) is 18.3 Å². The van der Waals surface area contributed by atoms with Crippen LogP contribution in [-0.2, 0) is 19.1 Å². The van der Waals surface area contributed by atoms with Crippen LogP contribution < -0.4 is 0 Å². The first-order valence-corrected chi connectivity index (χ1v) is 6.72. The number of carbonyl (C=O) groups excluding carboxylic acids is 3. The molecule has 0 unspecified atom stereocenters. The molecule has 0 aromatic carbocycles. The first-order chi connectivity index (χ1) is 11.0. The largest absolute Gasteiger partial charge is 0.371 e. The van der Waals surface area contributed by atoms with Gasteiger partial charge in [-0.3, -0.25) is 14.4 Å². The Hall–Kier alpha value is -2.84. The highest BCUT2D eigenvalue weighted by molar-refractivity contribution is 5.90. The highest BCUT2D eigenvalue weighted by atomic mass is 16.5. The molecule has 0 saturated carbocycles. The van der Waals surface area contributed by atoms with E-state index in [4.69, 9.17) is 10.3 Å². The monoisotopic (exact) mass is 322 g/mol. The van der Waals surface area contributed by atoms with Gasteiger partial charge in [0.05, 0.1) is 26.6 Å². The molecule has 1 fully saturated rings. The summed E-state index contributed by atoms with van der Waals surface area (Å²) in [6.07, 6.45) is 2.22. The van der Waals surface area contributed by atoms with E-state index >= 15 is 0 Å². The van der Waals surface area contributed by atoms with Gasteiger partial charge in [-0.25, -0.2) is 0 Å². The molecule has 0 bridgehead atoms. The number of nitrogens with zero attached hydrogens (tertiary/aromatic N) is 6. The smallest absolute Gasteiger partial charge is 0.251 e. The maximum Gasteiger partial charge on any atom is 0.251 e. The van der Waals surface area contributed by atoms with Crippen LogP contribution in [0.25, 0.3) is 10.4 Å². The van der Waals surface area contributed by atoms with E-state index in [1.807, 2.05) is 0 Å². The average Bonchev–Trinajstić information content (AvgIpc) is 2.59. The minimum atomic E-state index is -0.395. The molecule has 23 heavy (non-hydrogen) atoms. The molecule has 10 heteroatoms. The van der Waals surface area contributed by atoms with Crippen LogP contribution in [0.3, 0.4) is 0 Å². The van der Waals surface area contributed by atoms with E-state index in [2.05, 4.69) is 23.2 Å². The number of rotatable bonds is 7. The van der Waals surface area contributed by atoms with Crippen LogP contribution in [-0.4, -0.2) is 72.2 Å². The van der Waals surface area contributed by atoms with Crippen LogP contribution in [0.2, 0.25) is 0 Å². The molecule has 10 nitrogen and oxygen atoms in total. The second kappa shape index (κ2) is 9.23. The highest BCUT2D eigenvalue weighted by Gasteiger charge is 2.30. The van der Waals surface area contributed by atoms with Gasteiger partial charge in [-0.15, -0.1) is 0 Å². The number of hydrogen-bond acceptors (Lipinski definition) is 5. The molecule has 1 aliphatic heterocycles. The zero-order valence-corrected chi connectivity index (χ0v) is 12.6. The van der Waals surface area contributed by atoms with Gasteiger partial charge in [0.25, 0.3) is 5.91 Å². The second-order valence-electron chi connectivity index (χ2n) is 4.53. The first-order valence-electron chi connectivity index (χ1n) is 6.72. The molecule has 0 N–H and O–H groups in total. The van der Waals surface area contributed by atoms with Crippen molar-refractivity contribution in [2.24, 2.45) is 5.11 Å². The van der Waals surface area contributed by atoms with Gasteiger partial charge in [-0.05, 0) is 17.7 Å². The van der Waals surface area contributed by atoms with Gasteiger partial charge in [0, 0.05) is 11.5 Å². The molecule has 0 aromatic rings. The summed E-state index contributed by atoms with van der Waals surface area (Å²) in [6, 6.07) is 0. The van der Waals surface area contributed by atoms with Crippen molar-refractivity contribution in [2.75, 3.05) is 39.8 Å². The fourth-order valence-corrected chi connectivity index (χ4v) is 1.85. The molecule has 1 heterocycles. The van der Waals surface area contributed by atoms with Gasteiger partial charge >= 0.3 is 0 Å². The summed E-state index contributed by atoms with van der Waals surface area (Å²) < 4.78 is 5.09. The third-order valence-electron chi connectivity index (χ3n) is 2.97. The second-order valence-corrected chi connectivity index (χ2v) is 4.53. The lowest BCUT2D eigenvalue weighted by Crippen LogP contribution is -2.59. The van der Waals surface area contributed by atoms with Crippen molar-refractivity contribution in [3.8, 4) is 0 Å². The van der Waals surface area contributed by atoms with Gasteiger partial charge in [0.2, 0.25) is 11.8 Å². The zero-order chi connectivity index (χ0) is 17.2. The first kappa shape index (κ1) is 18.2. The van der Waals surface area contributed by atoms with E-state index in [9.17, 15) is 14.4 Å². The predicted octanol–water partition coefficient (Wildman–Crippen LogP) is 0.0572. The van der Waals surface area contributed by atoms with E-state index < -0.39 is 17.7 Å². The molecule has 0 atom stereocenters. The Morgan fingerprint density at radius 1 is 1.09 bits per heavy atom. The van der Waals surface area contributed by atoms with Crippen molar-refractivity contribution < 1.29 is 19.1 Å². The van der Waals surface area contributed by atoms with E-state index in [0.717, 1.165) is 12.2 Å². The standard InChI is InChI=1S/C13H18N6O4/c1-3-11(20)17-8-18(12(21)4-2)10-19(9-17)13(22)7-23-6-5-15-16-14/h3-4H,1-2,5-10H2. The van der Waals surface area contributed by atoms with Crippen molar-refractivity contribution in [2.45, 2.75) is 0 Å². The molecule has 1 saturated heterocycles. The molecule has 0 aliphatic carbocycles. The summed E-state index contributed by atoms with van der Waals surface area (Å²) in [5.41, 5.74) is 8.12. The predicted molar refractivity (Wildman–Crippen MR) is 80.4 cm³/mol. The Kier molecular flexibility index (Phi) is 7.31. The Bertz CT molecular complexity index is 515. The fourth-order valence-electron chi connectivity index (χ4n) is 1.85. The molecular weight excluding hydrogens is 304 g/mol. The van der Waals surface area contributed by atoms with Crippen LogP contribution in [0.4, 0.5) is 0 Å². The third-order valence-corrected chi connectivity index (χ3v) is 2.97. The van der Waals surface area contributed by atoms with Crippen LogP contribution in [0.15, 0.2) is 30.4 Å². The van der Waals surface area contributed by atoms with Gasteiger partial charge < -0.3 is 19.4 Å². The zero-order valence-electron chi connectivity index (χ0n) is 12.6. The summed E-state index contributed by atoms with van der Waals surface area (Å²) >= 11 is 0. The Labute approximate surface area is 133 Å². The SMILES string of the molecule is C=CC(=O)N1CN(C(=O)C=C)CN(C(=O)COCCN=[N+]=[N-])C1. The minimum absolute atomic E-state index is 0.0321. The van der Waals surface area contributed by atoms with Crippen LogP contribution in [0.1, 0.15) is 0 Å². The number of carbonyl (C=O) groups is 3. The van der Waals surface area contributed by atoms with E-state index in [-0.39, 0.29) is 39.8 Å². The molecule has 0 radical (unpaired) electrons. The number of ether oxygens (including phenoxy) is 1. The molecule has 3 amide bonds. The van der Waals surface area contributed by atoms with Gasteiger partial charge in [0.1, 0.15) is 6.61 Å². The van der Waals surface area contributed by atoms with Crippen molar-refractivity contribution in [1.82, 2.24) is 14.7 Å². The summed E-state index contributed by atoms with van der Waals surface area (Å²) in [7, 11) is 0. The number of hydrogen-bond donors (Lipinski definition) is 0. The molecule has 1 rings (SSSR count). The van der Waals surface area contributed by atoms with E-state index in [1.54, 1.807) is 0 Å². The molecule has 124 valence electrons. The van der Waals surface area contributed by atoms with Gasteiger partial charge in [0.15, 0.2) is 0 Å². The van der Waals surface area contributed by atoms with Crippen LogP contribution >= 0.6 is 0 Å². The van der Waals surface area contributed by atoms with E-state index in [0.29, 0.717) is 0 Å². The molecule has 0 aromatic heterocycles. The Morgan fingerprint density at radius 2 is 1.61 bits per heavy atom. The van der Waals surface area contributed by atoms with Crippen molar-refractivity contribution >= 4 is 17.7 Å². The fraction of sp³-hybridized carbons (Fsp3) is 0.462. The Morgan fingerprint density at radius 3 is 2.09 bits per heavy atom. The van der Waals surface area contributed by atoms with Crippen molar-refractivity contribution in [3.63, 3.8) is 0 Å². The summed E-state index contributed by atoms with van der Waals surface area (Å²) in [4.78, 5) is 42.1. The van der Waals surface area contributed by atoms with Crippen molar-refractivity contribution in [1.29, 1.82) is 0 Å². The van der Waals surface area contributed by atoms with Gasteiger partial charge in [-0.2, -0.15) is 0 Å². The minimum Gasteiger partial charge on any atom is -0.371 e.